The largest absolute Gasteiger partial charge is 0.497 e. The highest BCUT2D eigenvalue weighted by atomic mass is 79.9. The van der Waals surface area contributed by atoms with Crippen molar-refractivity contribution in [2.75, 3.05) is 58.0 Å². The number of aromatic carboxylic acids is 1. The molecule has 0 spiro atoms. The van der Waals surface area contributed by atoms with Gasteiger partial charge in [-0.05, 0) is 163 Å². The minimum absolute atomic E-state index is 0.0176. The molecule has 0 radical (unpaired) electrons. The molecule has 0 aliphatic carbocycles. The Morgan fingerprint density at radius 3 is 1.38 bits per heavy atom. The maximum absolute atomic E-state index is 12.4. The third-order valence-electron chi connectivity index (χ3n) is 10.3. The molecule has 2 amide bonds. The van der Waals surface area contributed by atoms with Crippen molar-refractivity contribution < 1.29 is 81.2 Å². The molecule has 5 aromatic carbocycles. The van der Waals surface area contributed by atoms with Gasteiger partial charge in [-0.2, -0.15) is 0 Å². The summed E-state index contributed by atoms with van der Waals surface area (Å²) < 4.78 is 35.9. The van der Waals surface area contributed by atoms with Crippen LogP contribution in [0.5, 0.6) is 11.5 Å². The molecular formula is C57H56BBr2N3O17. The predicted octanol–water partition coefficient (Wildman–Crippen LogP) is 9.03. The fourth-order valence-electron chi connectivity index (χ4n) is 6.67. The molecule has 0 saturated heterocycles. The number of nitrogens with two attached hydrogens (primary N) is 1. The van der Waals surface area contributed by atoms with Crippen molar-refractivity contribution in [2.45, 2.75) is 19.3 Å². The molecule has 8 aromatic rings. The Labute approximate surface area is 476 Å². The number of carbonyl (C=O) groups is 6. The quantitative estimate of drug-likeness (QED) is 0.0293. The Morgan fingerprint density at radius 2 is 0.963 bits per heavy atom. The molecule has 23 heteroatoms. The average molecular weight is 1230 g/mol. The molecular weight excluding hydrogens is 1170 g/mol. The number of Topliss-reactive ketones (excluding diaryl/α,β-unsaturated/α-hetero) is 2. The minimum atomic E-state index is -1.40. The summed E-state index contributed by atoms with van der Waals surface area (Å²) in [4.78, 5) is 67.9. The van der Waals surface area contributed by atoms with Crippen LogP contribution in [0.15, 0.2) is 180 Å². The highest BCUT2D eigenvalue weighted by Gasteiger charge is 2.15. The van der Waals surface area contributed by atoms with Gasteiger partial charge in [-0.15, -0.1) is 0 Å². The van der Waals surface area contributed by atoms with Gasteiger partial charge in [0.2, 0.25) is 5.76 Å². The molecule has 418 valence electrons. The van der Waals surface area contributed by atoms with E-state index in [1.807, 2.05) is 42.5 Å². The van der Waals surface area contributed by atoms with Crippen LogP contribution in [-0.4, -0.2) is 104 Å². The van der Waals surface area contributed by atoms with Gasteiger partial charge in [-0.3, -0.25) is 24.0 Å². The van der Waals surface area contributed by atoms with Crippen LogP contribution in [0.1, 0.15) is 48.4 Å². The normalized spacial score (nSPS) is 10.1. The summed E-state index contributed by atoms with van der Waals surface area (Å²) >= 11 is 6.11. The number of methoxy groups -OCH3 is 4. The third kappa shape index (κ3) is 23.2. The van der Waals surface area contributed by atoms with Crippen LogP contribution in [-0.2, 0) is 43.1 Å². The second-order valence-corrected chi connectivity index (χ2v) is 18.0. The first-order valence-electron chi connectivity index (χ1n) is 23.7. The lowest BCUT2D eigenvalue weighted by Crippen LogP contribution is -2.29. The minimum Gasteiger partial charge on any atom is -0.497 e. The second kappa shape index (κ2) is 33.7. The summed E-state index contributed by atoms with van der Waals surface area (Å²) in [6, 6.07) is 44.4. The summed E-state index contributed by atoms with van der Waals surface area (Å²) in [6.07, 6.45) is 0.550. The first-order valence-corrected chi connectivity index (χ1v) is 25.2. The van der Waals surface area contributed by atoms with E-state index >= 15 is 0 Å². The van der Waals surface area contributed by atoms with E-state index in [9.17, 15) is 28.8 Å². The Hall–Kier alpha value is -8.58. The van der Waals surface area contributed by atoms with Crippen LogP contribution < -0.4 is 31.3 Å². The van der Waals surface area contributed by atoms with E-state index < -0.39 is 25.0 Å². The molecule has 0 bridgehead atoms. The summed E-state index contributed by atoms with van der Waals surface area (Å²) in [5.41, 5.74) is 11.0. The van der Waals surface area contributed by atoms with Crippen LogP contribution in [0, 0.1) is 0 Å². The molecule has 0 unspecified atom stereocenters. The molecule has 8 rings (SSSR count). The Bertz CT molecular complexity index is 3270. The number of nitrogen functional groups attached to an aromatic ring is 1. The van der Waals surface area contributed by atoms with Crippen LogP contribution in [0.3, 0.4) is 0 Å². The molecule has 3 aromatic heterocycles. The fraction of sp³-hybridized carbons (Fsp3) is 0.158. The molecule has 0 saturated carbocycles. The van der Waals surface area contributed by atoms with E-state index in [0.717, 1.165) is 22.4 Å². The van der Waals surface area contributed by atoms with Crippen molar-refractivity contribution in [1.29, 1.82) is 0 Å². The number of amides is 2. The monoisotopic (exact) mass is 1220 g/mol. The van der Waals surface area contributed by atoms with Gasteiger partial charge in [0.1, 0.15) is 30.5 Å². The summed E-state index contributed by atoms with van der Waals surface area (Å²) in [5, 5.41) is 40.0. The van der Waals surface area contributed by atoms with Gasteiger partial charge in [-0.25, -0.2) is 4.79 Å². The molecule has 80 heavy (non-hydrogen) atoms. The van der Waals surface area contributed by atoms with Crippen LogP contribution in [0.25, 0.3) is 11.3 Å². The fourth-order valence-corrected chi connectivity index (χ4v) is 7.29. The van der Waals surface area contributed by atoms with Crippen molar-refractivity contribution >= 4 is 96.8 Å². The number of carboxylic acid groups (broad SMARTS) is 2. The standard InChI is InChI=1S/C20H17NO5.C15H14BrNO4.C10H13NO2.C7H9BO3.C5H3BrO3/c1-25-16-7-5-14(6-8-16)17-9-10-18(26-17)20(24)21-15-4-2-3-13(11-15)12-19(22)23;1-20-9-12(18)8-10-3-2-4-11(7-10)17-15(19)13-5-6-14(16)21-13;1-13-7-10(12)6-8-3-2-4-9(11)5-8;1-11-7-4-2-6(3-5-7)8(9)10;6-4-2-1-3(9-4)5(7)8/h2-11H,12H2,1H3,(H,21,24)(H,22,23);2-7H,8-9H2,1H3,(H,17,19);2-5H,6-7,11H2,1H3;2-5,9-10H,1H3;1-2H,(H,7,8). The average Bonchev–Trinajstić information content (AvgIpc) is 4.22. The lowest BCUT2D eigenvalue weighted by atomic mass is 9.80. The molecule has 0 aliphatic rings. The summed E-state index contributed by atoms with van der Waals surface area (Å²) in [5.74, 6) is -0.359. The zero-order chi connectivity index (χ0) is 58.6. The van der Waals surface area contributed by atoms with Crippen molar-refractivity contribution in [3.8, 4) is 22.8 Å². The van der Waals surface area contributed by atoms with Crippen molar-refractivity contribution in [1.82, 2.24) is 0 Å². The number of hydrogen-bond donors (Lipinski definition) is 7. The van der Waals surface area contributed by atoms with Gasteiger partial charge < -0.3 is 68.8 Å². The number of furan rings is 3. The van der Waals surface area contributed by atoms with Gasteiger partial charge in [-0.1, -0.05) is 48.5 Å². The Balaban J connectivity index is 0.000000228. The van der Waals surface area contributed by atoms with Crippen LogP contribution in [0.2, 0.25) is 0 Å². The lowest BCUT2D eigenvalue weighted by molar-refractivity contribution is -0.136. The van der Waals surface area contributed by atoms with Gasteiger partial charge in [0.25, 0.3) is 11.8 Å². The maximum Gasteiger partial charge on any atom is 0.488 e. The van der Waals surface area contributed by atoms with E-state index in [1.165, 1.54) is 26.4 Å². The highest BCUT2D eigenvalue weighted by molar-refractivity contribution is 9.10. The van der Waals surface area contributed by atoms with Crippen LogP contribution >= 0.6 is 31.9 Å². The maximum atomic E-state index is 12.4. The zero-order valence-corrected chi connectivity index (χ0v) is 46.7. The number of carbonyl (C=O) groups excluding carboxylic acids is 4. The third-order valence-corrected chi connectivity index (χ3v) is 11.1. The topological polar surface area (TPSA) is 310 Å². The van der Waals surface area contributed by atoms with Crippen LogP contribution in [0.4, 0.5) is 17.1 Å². The smallest absolute Gasteiger partial charge is 0.488 e. The lowest BCUT2D eigenvalue weighted by Gasteiger charge is -2.06. The van der Waals surface area contributed by atoms with E-state index in [-0.39, 0.29) is 60.8 Å². The Morgan fingerprint density at radius 1 is 0.525 bits per heavy atom. The SMILES string of the molecule is COCC(=O)Cc1cccc(N)c1.COCC(=O)Cc1cccc(NC(=O)c2ccc(Br)o2)c1.COc1ccc(-c2ccc(C(=O)Nc3cccc(CC(=O)O)c3)o2)cc1.COc1ccc(B(O)O)cc1.O=C(O)c1ccc(Br)o1. The number of benzene rings is 5. The molecule has 20 nitrogen and oxygen atoms in total. The number of nitrogens with one attached hydrogen (secondary N) is 2. The van der Waals surface area contributed by atoms with Gasteiger partial charge in [0.05, 0.1) is 20.6 Å². The number of ether oxygens (including phenoxy) is 4. The van der Waals surface area contributed by atoms with Crippen molar-refractivity contribution in [2.24, 2.45) is 0 Å². The van der Waals surface area contributed by atoms with E-state index in [2.05, 4.69) is 46.9 Å². The van der Waals surface area contributed by atoms with E-state index in [4.69, 9.17) is 53.8 Å². The molecule has 0 fully saturated rings. The highest BCUT2D eigenvalue weighted by Crippen LogP contribution is 2.25. The molecule has 0 aliphatic heterocycles. The number of halogens is 2. The van der Waals surface area contributed by atoms with Crippen molar-refractivity contribution in [3.05, 3.63) is 201 Å². The zero-order valence-electron chi connectivity index (χ0n) is 43.6. The number of hydrogen-bond acceptors (Lipinski definition) is 16. The number of aliphatic carboxylic acids is 1. The first-order chi connectivity index (χ1) is 38.3. The first kappa shape index (κ1) is 64.0. The second-order valence-electron chi connectivity index (χ2n) is 16.5. The molecule has 0 atom stereocenters. The number of carboxylic acids is 2. The number of rotatable bonds is 19. The number of anilines is 3. The van der Waals surface area contributed by atoms with E-state index in [0.29, 0.717) is 55.4 Å². The van der Waals surface area contributed by atoms with E-state index in [1.54, 1.807) is 117 Å². The summed E-state index contributed by atoms with van der Waals surface area (Å²) in [6.45, 7) is 0.242. The summed E-state index contributed by atoms with van der Waals surface area (Å²) in [7, 11) is 4.74. The van der Waals surface area contributed by atoms with Gasteiger partial charge >= 0.3 is 19.1 Å². The molecule has 3 heterocycles. The molecule has 8 N–H and O–H groups in total. The van der Waals surface area contributed by atoms with Gasteiger partial charge in [0.15, 0.2) is 32.4 Å². The Kier molecular flexibility index (Phi) is 26.9. The van der Waals surface area contributed by atoms with Gasteiger partial charge in [0, 0.05) is 49.7 Å². The number of ketones is 2. The predicted molar refractivity (Wildman–Crippen MR) is 305 cm³/mol. The van der Waals surface area contributed by atoms with Crippen molar-refractivity contribution in [3.63, 3.8) is 0 Å².